The number of carbonyl (C=O) groups is 1. The number of ether oxygens (including phenoxy) is 1. The van der Waals surface area contributed by atoms with Crippen LogP contribution in [0.1, 0.15) is 36.0 Å². The van der Waals surface area contributed by atoms with Crippen molar-refractivity contribution in [3.8, 4) is 0 Å². The Hall–Kier alpha value is -3.29. The van der Waals surface area contributed by atoms with E-state index in [0.29, 0.717) is 12.2 Å². The fourth-order valence-corrected chi connectivity index (χ4v) is 8.83. The zero-order chi connectivity index (χ0) is 23.5. The molecule has 1 aromatic heterocycles. The second-order valence-corrected chi connectivity index (χ2v) is 11.9. The maximum absolute atomic E-state index is 12.1. The van der Waals surface area contributed by atoms with Crippen molar-refractivity contribution in [1.29, 1.82) is 0 Å². The molecule has 0 fully saturated rings. The summed E-state index contributed by atoms with van der Waals surface area (Å²) in [6.45, 7) is 0.448. The molecule has 0 saturated heterocycles. The highest BCUT2D eigenvalue weighted by Crippen LogP contribution is 2.55. The van der Waals surface area contributed by atoms with E-state index in [1.165, 1.54) is 15.9 Å². The van der Waals surface area contributed by atoms with Crippen molar-refractivity contribution < 1.29 is 9.53 Å². The standard InChI is InChI=1S/C30H31NO2P/c32-30(26-15-14-22-31-25-26)33-23-12-1-2-13-24-34(27-16-6-3-7-17-27,28-18-8-4-9-19-28)29-20-10-5-11-21-29/h3-11,14-22,25H,1-2,12-13,23-24H2/q+1. The van der Waals surface area contributed by atoms with Crippen LogP contribution in [0.25, 0.3) is 0 Å². The van der Waals surface area contributed by atoms with Crippen LogP contribution in [0.15, 0.2) is 116 Å². The van der Waals surface area contributed by atoms with Crippen molar-refractivity contribution in [3.63, 3.8) is 0 Å². The van der Waals surface area contributed by atoms with Gasteiger partial charge in [0.15, 0.2) is 0 Å². The molecule has 0 aliphatic carbocycles. The van der Waals surface area contributed by atoms with Crippen LogP contribution in [0, 0.1) is 0 Å². The lowest BCUT2D eigenvalue weighted by molar-refractivity contribution is 0.0497. The van der Waals surface area contributed by atoms with Gasteiger partial charge in [0.25, 0.3) is 0 Å². The van der Waals surface area contributed by atoms with E-state index >= 15 is 0 Å². The summed E-state index contributed by atoms with van der Waals surface area (Å²) in [6.07, 6.45) is 8.47. The molecule has 0 unspecified atom stereocenters. The molecule has 0 radical (unpaired) electrons. The Kier molecular flexibility index (Phi) is 8.60. The van der Waals surface area contributed by atoms with Crippen LogP contribution in [0.5, 0.6) is 0 Å². The molecule has 0 aliphatic heterocycles. The quantitative estimate of drug-likeness (QED) is 0.159. The lowest BCUT2D eigenvalue weighted by Crippen LogP contribution is -2.33. The van der Waals surface area contributed by atoms with E-state index in [4.69, 9.17) is 4.74 Å². The van der Waals surface area contributed by atoms with Gasteiger partial charge in [-0.15, -0.1) is 0 Å². The molecule has 0 N–H and O–H groups in total. The molecular weight excluding hydrogens is 437 g/mol. The third-order valence-corrected chi connectivity index (χ3v) is 10.6. The normalized spacial score (nSPS) is 11.2. The van der Waals surface area contributed by atoms with Gasteiger partial charge >= 0.3 is 5.97 Å². The number of nitrogens with zero attached hydrogens (tertiary/aromatic N) is 1. The minimum absolute atomic E-state index is 0.296. The molecule has 4 rings (SSSR count). The van der Waals surface area contributed by atoms with Crippen molar-refractivity contribution in [2.24, 2.45) is 0 Å². The summed E-state index contributed by atoms with van der Waals surface area (Å²) < 4.78 is 5.41. The highest BCUT2D eigenvalue weighted by molar-refractivity contribution is 7.95. The smallest absolute Gasteiger partial charge is 0.339 e. The summed E-state index contributed by atoms with van der Waals surface area (Å²) in [5, 5.41) is 4.29. The molecule has 3 nitrogen and oxygen atoms in total. The first-order valence-corrected chi connectivity index (χ1v) is 13.9. The molecule has 0 amide bonds. The summed E-state index contributed by atoms with van der Waals surface area (Å²) in [4.78, 5) is 16.1. The number of benzene rings is 3. The third-order valence-electron chi connectivity index (χ3n) is 6.11. The minimum Gasteiger partial charge on any atom is -0.462 e. The second-order valence-electron chi connectivity index (χ2n) is 8.33. The van der Waals surface area contributed by atoms with Gasteiger partial charge in [-0.2, -0.15) is 0 Å². The first-order valence-electron chi connectivity index (χ1n) is 11.9. The van der Waals surface area contributed by atoms with Gasteiger partial charge in [-0.05, 0) is 74.2 Å². The zero-order valence-corrected chi connectivity index (χ0v) is 20.3. The van der Waals surface area contributed by atoms with Crippen molar-refractivity contribution in [2.45, 2.75) is 25.7 Å². The highest BCUT2D eigenvalue weighted by Gasteiger charge is 2.44. The van der Waals surface area contributed by atoms with Crippen molar-refractivity contribution in [1.82, 2.24) is 4.98 Å². The number of carbonyl (C=O) groups excluding carboxylic acids is 1. The van der Waals surface area contributed by atoms with Gasteiger partial charge in [-0.25, -0.2) is 4.79 Å². The summed E-state index contributed by atoms with van der Waals surface area (Å²) >= 11 is 0. The molecule has 0 spiro atoms. The van der Waals surface area contributed by atoms with E-state index in [9.17, 15) is 4.79 Å². The Morgan fingerprint density at radius 2 is 1.18 bits per heavy atom. The van der Waals surface area contributed by atoms with E-state index < -0.39 is 7.26 Å². The number of pyridine rings is 1. The summed E-state index contributed by atoms with van der Waals surface area (Å²) in [7, 11) is -1.76. The SMILES string of the molecule is O=C(OCCCCCC[P+](c1ccccc1)(c1ccccc1)c1ccccc1)c1cccnc1. The minimum atomic E-state index is -1.76. The molecule has 4 aromatic rings. The van der Waals surface area contributed by atoms with Crippen molar-refractivity contribution in [3.05, 3.63) is 121 Å². The number of hydrogen-bond donors (Lipinski definition) is 0. The molecule has 3 aromatic carbocycles. The maximum Gasteiger partial charge on any atom is 0.339 e. The van der Waals surface area contributed by atoms with Crippen LogP contribution in [0.3, 0.4) is 0 Å². The average Bonchev–Trinajstić information content (AvgIpc) is 2.92. The van der Waals surface area contributed by atoms with Gasteiger partial charge in [0, 0.05) is 12.4 Å². The Morgan fingerprint density at radius 3 is 1.68 bits per heavy atom. The predicted molar refractivity (Wildman–Crippen MR) is 143 cm³/mol. The molecule has 1 heterocycles. The van der Waals surface area contributed by atoms with Gasteiger partial charge < -0.3 is 4.74 Å². The predicted octanol–water partition coefficient (Wildman–Crippen LogP) is 5.79. The Balaban J connectivity index is 1.42. The molecular formula is C30H31NO2P+. The Morgan fingerprint density at radius 1 is 0.647 bits per heavy atom. The van der Waals surface area contributed by atoms with E-state index in [1.54, 1.807) is 24.5 Å². The molecule has 0 bridgehead atoms. The van der Waals surface area contributed by atoms with Gasteiger partial charge in [0.05, 0.1) is 18.3 Å². The van der Waals surface area contributed by atoms with Crippen LogP contribution in [-0.4, -0.2) is 23.7 Å². The van der Waals surface area contributed by atoms with E-state index in [0.717, 1.165) is 31.8 Å². The topological polar surface area (TPSA) is 39.2 Å². The lowest BCUT2D eigenvalue weighted by Gasteiger charge is -2.27. The average molecular weight is 469 g/mol. The third kappa shape index (κ3) is 5.79. The molecule has 0 atom stereocenters. The van der Waals surface area contributed by atoms with Crippen molar-refractivity contribution >= 4 is 29.1 Å². The fourth-order valence-electron chi connectivity index (χ4n) is 4.42. The van der Waals surface area contributed by atoms with Crippen molar-refractivity contribution in [2.75, 3.05) is 12.8 Å². The van der Waals surface area contributed by atoms with Crippen LogP contribution in [0.2, 0.25) is 0 Å². The summed E-state index contributed by atoms with van der Waals surface area (Å²) in [5.74, 6) is -0.296. The number of hydrogen-bond acceptors (Lipinski definition) is 3. The number of unbranched alkanes of at least 4 members (excludes halogenated alkanes) is 3. The van der Waals surface area contributed by atoms with Crippen LogP contribution in [0.4, 0.5) is 0 Å². The fraction of sp³-hybridized carbons (Fsp3) is 0.200. The van der Waals surface area contributed by atoms with Gasteiger partial charge in [-0.1, -0.05) is 54.6 Å². The van der Waals surface area contributed by atoms with Gasteiger partial charge in [0.1, 0.15) is 23.2 Å². The highest BCUT2D eigenvalue weighted by atomic mass is 31.2. The zero-order valence-electron chi connectivity index (χ0n) is 19.4. The largest absolute Gasteiger partial charge is 0.462 e. The van der Waals surface area contributed by atoms with E-state index in [-0.39, 0.29) is 5.97 Å². The number of aromatic nitrogens is 1. The lowest BCUT2D eigenvalue weighted by atomic mass is 10.2. The summed E-state index contributed by atoms with van der Waals surface area (Å²) in [6, 6.07) is 36.5. The molecule has 172 valence electrons. The number of esters is 1. The van der Waals surface area contributed by atoms with Gasteiger partial charge in [-0.3, -0.25) is 4.98 Å². The van der Waals surface area contributed by atoms with Gasteiger partial charge in [0.2, 0.25) is 0 Å². The van der Waals surface area contributed by atoms with Crippen LogP contribution < -0.4 is 15.9 Å². The summed E-state index contributed by atoms with van der Waals surface area (Å²) in [5.41, 5.74) is 0.505. The van der Waals surface area contributed by atoms with Crippen LogP contribution >= 0.6 is 7.26 Å². The first-order chi connectivity index (χ1) is 16.8. The molecule has 34 heavy (non-hydrogen) atoms. The molecule has 0 saturated carbocycles. The van der Waals surface area contributed by atoms with E-state index in [2.05, 4.69) is 96.0 Å². The van der Waals surface area contributed by atoms with Crippen LogP contribution in [-0.2, 0) is 4.74 Å². The maximum atomic E-state index is 12.1. The first kappa shape index (κ1) is 23.9. The second kappa shape index (κ2) is 12.3. The Labute approximate surface area is 203 Å². The number of rotatable bonds is 11. The monoisotopic (exact) mass is 468 g/mol. The molecule has 0 aliphatic rings. The van der Waals surface area contributed by atoms with E-state index in [1.807, 2.05) is 0 Å². The molecule has 4 heteroatoms. The Bertz CT molecular complexity index is 1040.